The van der Waals surface area contributed by atoms with Crippen LogP contribution in [0.1, 0.15) is 48.5 Å². The number of hydrogen-bond acceptors (Lipinski definition) is 4. The summed E-state index contributed by atoms with van der Waals surface area (Å²) in [7, 11) is -3.78. The summed E-state index contributed by atoms with van der Waals surface area (Å²) in [6.07, 6.45) is 2.95. The number of nitrogens with zero attached hydrogens (tertiary/aromatic N) is 1. The zero-order valence-electron chi connectivity index (χ0n) is 17.6. The molecule has 3 rings (SSSR count). The number of hydrogen-bond donors (Lipinski definition) is 2. The molecular weight excluding hydrogens is 438 g/mol. The molecule has 31 heavy (non-hydrogen) atoms. The van der Waals surface area contributed by atoms with E-state index in [-0.39, 0.29) is 21.4 Å². The molecule has 1 aliphatic rings. The highest BCUT2D eigenvalue weighted by Crippen LogP contribution is 2.28. The number of carbonyl (C=O) groups is 2. The van der Waals surface area contributed by atoms with Gasteiger partial charge in [0.2, 0.25) is 15.9 Å². The van der Waals surface area contributed by atoms with Crippen molar-refractivity contribution in [2.45, 2.75) is 44.4 Å². The fourth-order valence-electron chi connectivity index (χ4n) is 3.36. The van der Waals surface area contributed by atoms with Crippen LogP contribution in [0.5, 0.6) is 0 Å². The van der Waals surface area contributed by atoms with E-state index in [1.165, 1.54) is 22.5 Å². The molecule has 0 bridgehead atoms. The van der Waals surface area contributed by atoms with Crippen molar-refractivity contribution in [3.63, 3.8) is 0 Å². The maximum Gasteiger partial charge on any atom is 0.255 e. The highest BCUT2D eigenvalue weighted by molar-refractivity contribution is 7.89. The lowest BCUT2D eigenvalue weighted by molar-refractivity contribution is -0.115. The van der Waals surface area contributed by atoms with Crippen LogP contribution in [0.15, 0.2) is 41.3 Å². The molecule has 0 atom stereocenters. The second-order valence-corrected chi connectivity index (χ2v) is 9.81. The van der Waals surface area contributed by atoms with Crippen molar-refractivity contribution in [3.8, 4) is 0 Å². The average molecular weight is 464 g/mol. The molecule has 2 aromatic carbocycles. The molecule has 1 fully saturated rings. The van der Waals surface area contributed by atoms with Gasteiger partial charge in [-0.2, -0.15) is 4.31 Å². The minimum Gasteiger partial charge on any atom is -0.326 e. The molecule has 9 heteroatoms. The van der Waals surface area contributed by atoms with E-state index in [1.54, 1.807) is 25.1 Å². The Balaban J connectivity index is 1.85. The van der Waals surface area contributed by atoms with Crippen molar-refractivity contribution in [2.24, 2.45) is 0 Å². The van der Waals surface area contributed by atoms with Crippen LogP contribution < -0.4 is 10.6 Å². The molecule has 0 aromatic heterocycles. The maximum atomic E-state index is 13.0. The predicted molar refractivity (Wildman–Crippen MR) is 122 cm³/mol. The van der Waals surface area contributed by atoms with E-state index >= 15 is 0 Å². The van der Waals surface area contributed by atoms with Gasteiger partial charge in [-0.15, -0.1) is 0 Å². The first-order valence-corrected chi connectivity index (χ1v) is 12.1. The number of carbonyl (C=O) groups excluding carboxylic acids is 2. The molecule has 2 N–H and O–H groups in total. The van der Waals surface area contributed by atoms with Crippen molar-refractivity contribution < 1.29 is 18.0 Å². The number of piperidine rings is 1. The maximum absolute atomic E-state index is 13.0. The number of sulfonamides is 1. The van der Waals surface area contributed by atoms with E-state index < -0.39 is 15.9 Å². The second-order valence-electron chi connectivity index (χ2n) is 7.50. The van der Waals surface area contributed by atoms with Crippen LogP contribution in [0, 0.1) is 6.92 Å². The van der Waals surface area contributed by atoms with Gasteiger partial charge in [-0.1, -0.05) is 31.0 Å². The van der Waals surface area contributed by atoms with Crippen LogP contribution in [0.3, 0.4) is 0 Å². The molecule has 1 saturated heterocycles. The van der Waals surface area contributed by atoms with Gasteiger partial charge < -0.3 is 10.6 Å². The summed E-state index contributed by atoms with van der Waals surface area (Å²) < 4.78 is 27.5. The van der Waals surface area contributed by atoms with Crippen molar-refractivity contribution in [2.75, 3.05) is 23.7 Å². The molecule has 0 saturated carbocycles. The molecule has 0 radical (unpaired) electrons. The predicted octanol–water partition coefficient (Wildman–Crippen LogP) is 4.42. The first-order chi connectivity index (χ1) is 14.7. The first kappa shape index (κ1) is 23.2. The lowest BCUT2D eigenvalue weighted by Crippen LogP contribution is -2.35. The number of halogens is 1. The zero-order valence-corrected chi connectivity index (χ0v) is 19.1. The van der Waals surface area contributed by atoms with Gasteiger partial charge >= 0.3 is 0 Å². The number of amides is 2. The first-order valence-electron chi connectivity index (χ1n) is 10.2. The Labute approximate surface area is 187 Å². The van der Waals surface area contributed by atoms with Gasteiger partial charge in [-0.25, -0.2) is 8.42 Å². The molecule has 2 aromatic rings. The van der Waals surface area contributed by atoms with Crippen LogP contribution >= 0.6 is 11.6 Å². The zero-order chi connectivity index (χ0) is 22.6. The van der Waals surface area contributed by atoms with Crippen molar-refractivity contribution in [3.05, 3.63) is 52.5 Å². The summed E-state index contributed by atoms with van der Waals surface area (Å²) >= 11 is 6.20. The summed E-state index contributed by atoms with van der Waals surface area (Å²) in [6.45, 7) is 4.48. The highest BCUT2D eigenvalue weighted by Gasteiger charge is 2.28. The third kappa shape index (κ3) is 5.44. The monoisotopic (exact) mass is 463 g/mol. The quantitative estimate of drug-likeness (QED) is 0.662. The molecule has 7 nitrogen and oxygen atoms in total. The molecule has 166 valence electrons. The van der Waals surface area contributed by atoms with Crippen LogP contribution in [0.2, 0.25) is 5.02 Å². The van der Waals surface area contributed by atoms with Crippen LogP contribution in [-0.4, -0.2) is 37.6 Å². The molecule has 0 unspecified atom stereocenters. The molecule has 1 aliphatic heterocycles. The van der Waals surface area contributed by atoms with Gasteiger partial charge in [-0.05, 0) is 55.7 Å². The van der Waals surface area contributed by atoms with E-state index in [4.69, 9.17) is 11.6 Å². The van der Waals surface area contributed by atoms with Gasteiger partial charge in [0.25, 0.3) is 5.91 Å². The van der Waals surface area contributed by atoms with Gasteiger partial charge in [0.1, 0.15) is 4.90 Å². The van der Waals surface area contributed by atoms with Crippen LogP contribution in [0.4, 0.5) is 11.4 Å². The number of benzene rings is 2. The molecule has 2 amide bonds. The molecule has 0 aliphatic carbocycles. The van der Waals surface area contributed by atoms with E-state index in [0.717, 1.165) is 24.8 Å². The third-order valence-electron chi connectivity index (χ3n) is 5.22. The number of anilines is 2. The second kappa shape index (κ2) is 9.80. The minimum atomic E-state index is -3.78. The van der Waals surface area contributed by atoms with Gasteiger partial charge in [0.15, 0.2) is 0 Å². The standard InChI is InChI=1S/C22H26ClN3O4S/c1-3-21(27)24-17-9-7-15(2)19(14-17)25-22(28)16-8-10-18(23)20(13-16)31(29,30)26-11-5-4-6-12-26/h7-10,13-14H,3-6,11-12H2,1-2H3,(H,24,27)(H,25,28). The average Bonchev–Trinajstić information content (AvgIpc) is 2.76. The number of aryl methyl sites for hydroxylation is 1. The topological polar surface area (TPSA) is 95.6 Å². The van der Waals surface area contributed by atoms with Gasteiger partial charge in [0.05, 0.1) is 5.02 Å². The minimum absolute atomic E-state index is 0.0654. The third-order valence-corrected chi connectivity index (χ3v) is 7.60. The Morgan fingerprint density at radius 2 is 1.74 bits per heavy atom. The van der Waals surface area contributed by atoms with E-state index in [1.807, 2.05) is 6.92 Å². The Hall–Kier alpha value is -2.42. The molecular formula is C22H26ClN3O4S. The lowest BCUT2D eigenvalue weighted by Gasteiger charge is -2.26. The fourth-order valence-corrected chi connectivity index (χ4v) is 5.38. The van der Waals surface area contributed by atoms with Gasteiger partial charge in [-0.3, -0.25) is 9.59 Å². The summed E-state index contributed by atoms with van der Waals surface area (Å²) in [5.74, 6) is -0.597. The summed E-state index contributed by atoms with van der Waals surface area (Å²) in [5, 5.41) is 5.63. The smallest absolute Gasteiger partial charge is 0.255 e. The SMILES string of the molecule is CCC(=O)Nc1ccc(C)c(NC(=O)c2ccc(Cl)c(S(=O)(=O)N3CCCCC3)c2)c1. The van der Waals surface area contributed by atoms with Gasteiger partial charge in [0, 0.05) is 36.4 Å². The Morgan fingerprint density at radius 3 is 2.42 bits per heavy atom. The fraction of sp³-hybridized carbons (Fsp3) is 0.364. The summed E-state index contributed by atoms with van der Waals surface area (Å²) in [5.41, 5.74) is 2.08. The number of nitrogens with one attached hydrogen (secondary N) is 2. The van der Waals surface area contributed by atoms with Crippen molar-refractivity contribution in [1.29, 1.82) is 0 Å². The van der Waals surface area contributed by atoms with Crippen molar-refractivity contribution >= 4 is 44.8 Å². The van der Waals surface area contributed by atoms with Crippen molar-refractivity contribution in [1.82, 2.24) is 4.31 Å². The molecule has 1 heterocycles. The van der Waals surface area contributed by atoms with E-state index in [2.05, 4.69) is 10.6 Å². The van der Waals surface area contributed by atoms with Crippen LogP contribution in [0.25, 0.3) is 0 Å². The van der Waals surface area contributed by atoms with E-state index in [9.17, 15) is 18.0 Å². The number of rotatable bonds is 6. The van der Waals surface area contributed by atoms with E-state index in [0.29, 0.717) is 30.9 Å². The highest BCUT2D eigenvalue weighted by atomic mass is 35.5. The largest absolute Gasteiger partial charge is 0.326 e. The Morgan fingerprint density at radius 1 is 1.03 bits per heavy atom. The molecule has 0 spiro atoms. The Bertz CT molecular complexity index is 1100. The summed E-state index contributed by atoms with van der Waals surface area (Å²) in [4.78, 5) is 24.5. The summed E-state index contributed by atoms with van der Waals surface area (Å²) in [6, 6.07) is 9.45. The lowest BCUT2D eigenvalue weighted by atomic mass is 10.1. The van der Waals surface area contributed by atoms with Crippen LogP contribution in [-0.2, 0) is 14.8 Å². The Kier molecular flexibility index (Phi) is 7.35. The normalized spacial score (nSPS) is 14.8.